The smallest absolute Gasteiger partial charge is 0.326 e. The van der Waals surface area contributed by atoms with Crippen LogP contribution in [0.3, 0.4) is 0 Å². The molecule has 1 aromatic heterocycles. The molecule has 3 rings (SSSR count). The van der Waals surface area contributed by atoms with Crippen molar-refractivity contribution in [2.75, 3.05) is 26.7 Å². The number of aromatic hydroxyl groups is 1. The number of benzene rings is 1. The van der Waals surface area contributed by atoms with Crippen LogP contribution in [-0.4, -0.2) is 159 Å². The number of carboxylic acid groups (broad SMARTS) is 1. The third kappa shape index (κ3) is 17.9. The van der Waals surface area contributed by atoms with Gasteiger partial charge in [0.05, 0.1) is 25.0 Å². The Morgan fingerprint density at radius 2 is 1.46 bits per heavy atom. The van der Waals surface area contributed by atoms with Gasteiger partial charge in [-0.05, 0) is 68.2 Å². The van der Waals surface area contributed by atoms with Crippen molar-refractivity contribution < 1.29 is 53.4 Å². The number of carboxylic acids is 1. The quantitative estimate of drug-likeness (QED) is 0.0165. The van der Waals surface area contributed by atoms with Crippen LogP contribution in [0, 0.1) is 17.8 Å². The van der Waals surface area contributed by atoms with Crippen LogP contribution in [0.15, 0.2) is 41.8 Å². The van der Waals surface area contributed by atoms with Crippen molar-refractivity contribution in [1.82, 2.24) is 52.1 Å². The number of rotatable bonds is 30. The van der Waals surface area contributed by atoms with Crippen LogP contribution < -0.4 is 54.4 Å². The fourth-order valence-corrected chi connectivity index (χ4v) is 8.08. The van der Waals surface area contributed by atoms with Gasteiger partial charge in [-0.3, -0.25) is 48.7 Å². The Morgan fingerprint density at radius 1 is 0.819 bits per heavy atom. The predicted molar refractivity (Wildman–Crippen MR) is 264 cm³/mol. The molecule has 9 atom stereocenters. The number of carbonyl (C=O) groups is 9. The molecule has 0 bridgehead atoms. The van der Waals surface area contributed by atoms with Gasteiger partial charge in [-0.25, -0.2) is 9.78 Å². The van der Waals surface area contributed by atoms with E-state index in [2.05, 4.69) is 52.2 Å². The first-order valence-electron chi connectivity index (χ1n) is 24.1. The molecule has 7 amide bonds. The SMILES string of the molecule is CC[C@H](C)[C@H](NC(=O)[C@@H]1CCCN1C(=O)[C@H](Cc1cnc[nH]1)N[C@H](C(N)=O)C(=O)[C@@H](NC(=O)[C@H](Cc1ccc(O)cc1)NC(=O)[C@@H](NC(=O)[C@H](CCCN=C(N)N)NC(=O)CNC)C(C)C)C(C)C)C(=O)O. The van der Waals surface area contributed by atoms with Crippen molar-refractivity contribution in [3.63, 3.8) is 0 Å². The van der Waals surface area contributed by atoms with E-state index in [0.29, 0.717) is 30.5 Å². The molecule has 2 heterocycles. The summed E-state index contributed by atoms with van der Waals surface area (Å²) in [5, 5.41) is 38.6. The molecule has 0 unspecified atom stereocenters. The predicted octanol–water partition coefficient (Wildman–Crippen LogP) is -2.59. The number of ketones is 1. The molecule has 398 valence electrons. The van der Waals surface area contributed by atoms with Crippen molar-refractivity contribution >= 4 is 59.1 Å². The normalized spacial score (nSPS) is 16.7. The highest BCUT2D eigenvalue weighted by Crippen LogP contribution is 2.22. The Morgan fingerprint density at radius 3 is 2.01 bits per heavy atom. The molecule has 25 heteroatoms. The zero-order chi connectivity index (χ0) is 53.8. The van der Waals surface area contributed by atoms with E-state index in [1.165, 1.54) is 41.7 Å². The zero-order valence-electron chi connectivity index (χ0n) is 42.0. The molecule has 0 aliphatic carbocycles. The van der Waals surface area contributed by atoms with Crippen LogP contribution in [0.2, 0.25) is 0 Å². The Kier molecular flexibility index (Phi) is 23.5. The second-order valence-electron chi connectivity index (χ2n) is 18.6. The maximum Gasteiger partial charge on any atom is 0.326 e. The van der Waals surface area contributed by atoms with Crippen LogP contribution in [0.5, 0.6) is 5.75 Å². The summed E-state index contributed by atoms with van der Waals surface area (Å²) in [7, 11) is 1.55. The average Bonchev–Trinajstić information content (AvgIpc) is 4.04. The number of primary amides is 1. The number of aliphatic carboxylic acids is 1. The van der Waals surface area contributed by atoms with Crippen LogP contribution in [0.25, 0.3) is 0 Å². The summed E-state index contributed by atoms with van der Waals surface area (Å²) in [5.41, 5.74) is 17.6. The summed E-state index contributed by atoms with van der Waals surface area (Å²) in [4.78, 5) is 135. The summed E-state index contributed by atoms with van der Waals surface area (Å²) in [6.07, 6.45) is 3.89. The first kappa shape index (κ1) is 59.2. The van der Waals surface area contributed by atoms with Crippen molar-refractivity contribution in [3.05, 3.63) is 48.0 Å². The van der Waals surface area contributed by atoms with Gasteiger partial charge in [-0.1, -0.05) is 60.1 Å². The average molecular weight is 1010 g/mol. The summed E-state index contributed by atoms with van der Waals surface area (Å²) >= 11 is 0. The number of likely N-dealkylation sites (N-methyl/N-ethyl adjacent to an activating group) is 1. The lowest BCUT2D eigenvalue weighted by molar-refractivity contribution is -0.145. The van der Waals surface area contributed by atoms with E-state index in [1.807, 2.05) is 0 Å². The summed E-state index contributed by atoms with van der Waals surface area (Å²) in [5.74, 6) is -9.54. The van der Waals surface area contributed by atoms with Crippen LogP contribution in [0.4, 0.5) is 0 Å². The number of aromatic amines is 1. The molecule has 0 spiro atoms. The van der Waals surface area contributed by atoms with E-state index < -0.39 is 119 Å². The summed E-state index contributed by atoms with van der Waals surface area (Å²) in [6.45, 7) is 10.1. The lowest BCUT2D eigenvalue weighted by Crippen LogP contribution is -2.64. The zero-order valence-corrected chi connectivity index (χ0v) is 42.0. The van der Waals surface area contributed by atoms with Gasteiger partial charge in [0.25, 0.3) is 0 Å². The lowest BCUT2D eigenvalue weighted by atomic mass is 9.93. The second kappa shape index (κ2) is 28.6. The van der Waals surface area contributed by atoms with Crippen LogP contribution in [-0.2, 0) is 56.0 Å². The molecule has 16 N–H and O–H groups in total. The molecule has 0 saturated carbocycles. The Balaban J connectivity index is 1.95. The van der Waals surface area contributed by atoms with E-state index in [-0.39, 0.29) is 57.0 Å². The Bertz CT molecular complexity index is 2200. The number of guanidine groups is 1. The molecule has 2 aromatic rings. The van der Waals surface area contributed by atoms with E-state index in [0.717, 1.165) is 0 Å². The number of hydrogen-bond acceptors (Lipinski definition) is 14. The Hall–Kier alpha value is -7.15. The number of Topliss-reactive ketones (excluding diaryl/α,β-unsaturated/α-hetero) is 1. The highest BCUT2D eigenvalue weighted by atomic mass is 16.4. The molecule has 1 fully saturated rings. The van der Waals surface area contributed by atoms with Gasteiger partial charge in [0.2, 0.25) is 41.4 Å². The van der Waals surface area contributed by atoms with Gasteiger partial charge < -0.3 is 69.2 Å². The van der Waals surface area contributed by atoms with Crippen LogP contribution in [0.1, 0.15) is 84.9 Å². The molecule has 0 radical (unpaired) electrons. The van der Waals surface area contributed by atoms with Gasteiger partial charge in [-0.2, -0.15) is 0 Å². The van der Waals surface area contributed by atoms with Gasteiger partial charge in [0.15, 0.2) is 11.7 Å². The third-order valence-electron chi connectivity index (χ3n) is 12.3. The third-order valence-corrected chi connectivity index (χ3v) is 12.3. The number of aromatic nitrogens is 2. The maximum absolute atomic E-state index is 14.6. The number of amides is 7. The van der Waals surface area contributed by atoms with E-state index in [9.17, 15) is 53.4 Å². The number of likely N-dealkylation sites (tertiary alicyclic amines) is 1. The topological polar surface area (TPSA) is 401 Å². The minimum absolute atomic E-state index is 0.0715. The number of aliphatic imine (C=N–C) groups is 1. The summed E-state index contributed by atoms with van der Waals surface area (Å²) < 4.78 is 0. The van der Waals surface area contributed by atoms with Gasteiger partial charge in [0, 0.05) is 37.8 Å². The second-order valence-corrected chi connectivity index (χ2v) is 18.6. The fourth-order valence-electron chi connectivity index (χ4n) is 8.08. The number of imidazole rings is 1. The molecule has 25 nitrogen and oxygen atoms in total. The van der Waals surface area contributed by atoms with Crippen LogP contribution >= 0.6 is 0 Å². The highest BCUT2D eigenvalue weighted by molar-refractivity contribution is 6.09. The van der Waals surface area contributed by atoms with E-state index >= 15 is 0 Å². The van der Waals surface area contributed by atoms with E-state index in [4.69, 9.17) is 17.2 Å². The van der Waals surface area contributed by atoms with Gasteiger partial charge in [-0.15, -0.1) is 0 Å². The first-order chi connectivity index (χ1) is 34.0. The number of nitrogens with one attached hydrogen (secondary N) is 8. The molecule has 1 saturated heterocycles. The van der Waals surface area contributed by atoms with Gasteiger partial charge >= 0.3 is 5.97 Å². The number of nitrogens with zero attached hydrogens (tertiary/aromatic N) is 3. The number of phenolic OH excluding ortho intramolecular Hbond substituents is 1. The number of carbonyl (C=O) groups excluding carboxylic acids is 8. The molecule has 1 aliphatic heterocycles. The van der Waals surface area contributed by atoms with Crippen molar-refractivity contribution in [3.8, 4) is 5.75 Å². The molecular weight excluding hydrogens is 937 g/mol. The largest absolute Gasteiger partial charge is 0.508 e. The summed E-state index contributed by atoms with van der Waals surface area (Å²) in [6, 6.07) is -5.06. The fraction of sp³-hybridized carbons (Fsp3) is 0.596. The minimum Gasteiger partial charge on any atom is -0.508 e. The van der Waals surface area contributed by atoms with Gasteiger partial charge in [0.1, 0.15) is 42.0 Å². The number of nitrogens with two attached hydrogens (primary N) is 3. The number of H-pyrrole nitrogens is 1. The van der Waals surface area contributed by atoms with Crippen molar-refractivity contribution in [2.24, 2.45) is 39.9 Å². The monoisotopic (exact) mass is 1010 g/mol. The van der Waals surface area contributed by atoms with Crippen molar-refractivity contribution in [1.29, 1.82) is 0 Å². The Labute approximate surface area is 418 Å². The van der Waals surface area contributed by atoms with E-state index in [1.54, 1.807) is 48.6 Å². The molecular formula is C47H74N14O11. The number of hydrogen-bond donors (Lipinski definition) is 13. The lowest BCUT2D eigenvalue weighted by Gasteiger charge is -2.32. The molecule has 1 aromatic carbocycles. The highest BCUT2D eigenvalue weighted by Gasteiger charge is 2.43. The standard InChI is InChI=1S/C47H74N14O11/c1-8-26(6)37(46(71)72)60-43(68)33-12-10-18-61(33)45(70)32(20-28-21-52-23-54-28)56-38(40(48)65)39(64)35(24(2)3)58-42(67)31(19-27-13-15-29(62)16-14-27)57-44(69)36(25(4)5)59-41(66)30(55-34(63)22-51-7)11-9-17-53-47(49)50/h13-16,21,23-26,30-33,35-38,51,56,62H,8-12,17-20,22H2,1-7H3,(H2,48,65)(H,52,54)(H,55,63)(H,57,69)(H,58,67)(H,59,66)(H,60,68)(H,71,72)(H4,49,50,53)/t26-,30-,31-,32-,33-,35-,36-,37-,38-/m0/s1. The number of phenols is 1. The maximum atomic E-state index is 14.6. The molecule has 1 aliphatic rings. The molecule has 72 heavy (non-hydrogen) atoms. The minimum atomic E-state index is -1.90. The first-order valence-corrected chi connectivity index (χ1v) is 24.1. The van der Waals surface area contributed by atoms with Crippen molar-refractivity contribution in [2.45, 2.75) is 135 Å².